The number of nitrogens with one attached hydrogen (secondary N) is 2. The molecule has 0 saturated carbocycles. The van der Waals surface area contributed by atoms with Gasteiger partial charge in [0, 0.05) is 29.1 Å². The number of hydrogen-bond donors (Lipinski definition) is 4. The number of nitriles is 1. The van der Waals surface area contributed by atoms with Crippen molar-refractivity contribution in [2.75, 3.05) is 37.0 Å². The Morgan fingerprint density at radius 2 is 2.15 bits per heavy atom. The maximum atomic E-state index is 9.94. The molecule has 1 unspecified atom stereocenters. The van der Waals surface area contributed by atoms with Gasteiger partial charge in [-0.3, -0.25) is 0 Å². The average Bonchev–Trinajstić information content (AvgIpc) is 3.39. The van der Waals surface area contributed by atoms with Crippen LogP contribution in [0.1, 0.15) is 25.0 Å². The molecule has 0 aliphatic carbocycles. The Morgan fingerprint density at radius 3 is 2.91 bits per heavy atom. The molecule has 2 aliphatic heterocycles. The Kier molecular flexibility index (Phi) is 4.96. The van der Waals surface area contributed by atoms with Crippen molar-refractivity contribution in [3.05, 3.63) is 41.7 Å². The normalized spacial score (nSPS) is 23.1. The average molecular weight is 447 g/mol. The topological polar surface area (TPSA) is 141 Å². The fraction of sp³-hybridized carbons (Fsp3) is 0.391. The maximum absolute atomic E-state index is 9.94. The zero-order chi connectivity index (χ0) is 23.2. The van der Waals surface area contributed by atoms with E-state index < -0.39 is 5.41 Å². The second-order valence-corrected chi connectivity index (χ2v) is 9.30. The first-order valence-corrected chi connectivity index (χ1v) is 10.7. The van der Waals surface area contributed by atoms with Gasteiger partial charge >= 0.3 is 0 Å². The van der Waals surface area contributed by atoms with Crippen LogP contribution in [0.25, 0.3) is 11.3 Å². The molecule has 33 heavy (non-hydrogen) atoms. The lowest BCUT2D eigenvalue weighted by atomic mass is 9.83. The van der Waals surface area contributed by atoms with Crippen molar-refractivity contribution in [1.82, 2.24) is 19.7 Å². The Balaban J connectivity index is 1.46. The van der Waals surface area contributed by atoms with E-state index in [0.717, 1.165) is 16.8 Å². The minimum atomic E-state index is -0.470. The van der Waals surface area contributed by atoms with Crippen LogP contribution in [0.15, 0.2) is 30.6 Å². The van der Waals surface area contributed by atoms with E-state index in [0.29, 0.717) is 48.5 Å². The molecule has 2 aliphatic rings. The first kappa shape index (κ1) is 21.2. The minimum absolute atomic E-state index is 0.0104. The molecule has 1 aromatic carbocycles. The van der Waals surface area contributed by atoms with E-state index in [2.05, 4.69) is 31.8 Å². The fourth-order valence-corrected chi connectivity index (χ4v) is 4.23. The maximum Gasteiger partial charge on any atom is 0.236 e. The number of nitrogens with zero attached hydrogens (tertiary/aromatic N) is 5. The number of benzene rings is 1. The summed E-state index contributed by atoms with van der Waals surface area (Å²) >= 11 is 0. The second kappa shape index (κ2) is 7.72. The number of rotatable bonds is 5. The van der Waals surface area contributed by atoms with Crippen LogP contribution >= 0.6 is 0 Å². The van der Waals surface area contributed by atoms with E-state index in [1.807, 2.05) is 19.9 Å². The fourth-order valence-electron chi connectivity index (χ4n) is 4.23. The molecule has 0 saturated heterocycles. The van der Waals surface area contributed by atoms with E-state index in [4.69, 9.17) is 4.74 Å². The molecule has 0 radical (unpaired) electrons. The van der Waals surface area contributed by atoms with Gasteiger partial charge in [-0.25, -0.2) is 14.6 Å². The summed E-state index contributed by atoms with van der Waals surface area (Å²) in [6.07, 6.45) is 3.29. The van der Waals surface area contributed by atoms with Crippen LogP contribution in [0.2, 0.25) is 0 Å². The van der Waals surface area contributed by atoms with Crippen molar-refractivity contribution in [1.29, 1.82) is 5.26 Å². The zero-order valence-electron chi connectivity index (χ0n) is 18.5. The van der Waals surface area contributed by atoms with Crippen molar-refractivity contribution >= 4 is 17.3 Å². The molecule has 10 heteroatoms. The number of fused-ring (bicyclic) bond motifs is 2. The third-order valence-corrected chi connectivity index (χ3v) is 6.37. The Morgan fingerprint density at radius 1 is 1.30 bits per heavy atom. The van der Waals surface area contributed by atoms with Gasteiger partial charge in [0.15, 0.2) is 0 Å². The quantitative estimate of drug-likeness (QED) is 0.462. The summed E-state index contributed by atoms with van der Waals surface area (Å²) in [4.78, 5) is 8.96. The standard InChI is InChI=1S/C23H25N7O3/c1-22(11-31)10-30-20(33-13-22)18(8-27-30)29-21-25-4-3-17(28-21)14-5-15(7-24)19-16(6-14)23(2,12-32)9-26-19/h3-6,8,26,31-32H,9-13H2,1-2H3,(H,25,28,29)/t22?,23-/m1/s1. The van der Waals surface area contributed by atoms with Crippen molar-refractivity contribution < 1.29 is 14.9 Å². The number of aliphatic hydroxyl groups excluding tert-OH is 2. The van der Waals surface area contributed by atoms with Gasteiger partial charge in [0.25, 0.3) is 0 Å². The van der Waals surface area contributed by atoms with Crippen LogP contribution in [0.4, 0.5) is 17.3 Å². The molecular formula is C23H25N7O3. The van der Waals surface area contributed by atoms with Crippen molar-refractivity contribution in [2.24, 2.45) is 5.41 Å². The van der Waals surface area contributed by atoms with Crippen molar-refractivity contribution in [2.45, 2.75) is 25.8 Å². The highest BCUT2D eigenvalue weighted by atomic mass is 16.5. The summed E-state index contributed by atoms with van der Waals surface area (Å²) in [5.74, 6) is 0.938. The zero-order valence-corrected chi connectivity index (χ0v) is 18.5. The highest BCUT2D eigenvalue weighted by molar-refractivity contribution is 5.76. The van der Waals surface area contributed by atoms with Crippen LogP contribution in [0.5, 0.6) is 5.88 Å². The summed E-state index contributed by atoms with van der Waals surface area (Å²) in [6.45, 7) is 5.39. The molecule has 0 fully saturated rings. The van der Waals surface area contributed by atoms with Gasteiger partial charge in [-0.05, 0) is 23.8 Å². The van der Waals surface area contributed by atoms with Gasteiger partial charge in [-0.2, -0.15) is 10.4 Å². The molecule has 3 aromatic rings. The van der Waals surface area contributed by atoms with Gasteiger partial charge in [-0.1, -0.05) is 13.8 Å². The monoisotopic (exact) mass is 447 g/mol. The molecule has 2 aromatic heterocycles. The van der Waals surface area contributed by atoms with Crippen LogP contribution in [0.3, 0.4) is 0 Å². The first-order chi connectivity index (χ1) is 15.9. The van der Waals surface area contributed by atoms with E-state index in [9.17, 15) is 15.5 Å². The minimum Gasteiger partial charge on any atom is -0.476 e. The van der Waals surface area contributed by atoms with Gasteiger partial charge in [0.05, 0.1) is 49.5 Å². The van der Waals surface area contributed by atoms with Crippen LogP contribution in [-0.2, 0) is 12.0 Å². The summed E-state index contributed by atoms with van der Waals surface area (Å²) in [5.41, 5.74) is 3.39. The number of aliphatic hydroxyl groups is 2. The first-order valence-electron chi connectivity index (χ1n) is 10.7. The van der Waals surface area contributed by atoms with Gasteiger partial charge in [-0.15, -0.1) is 0 Å². The lowest BCUT2D eigenvalue weighted by Gasteiger charge is -2.32. The number of anilines is 3. The summed E-state index contributed by atoms with van der Waals surface area (Å²) in [5, 5.41) is 40.0. The number of aromatic nitrogens is 4. The molecule has 4 heterocycles. The third-order valence-electron chi connectivity index (χ3n) is 6.37. The molecule has 2 atom stereocenters. The lowest BCUT2D eigenvalue weighted by molar-refractivity contribution is 0.0310. The van der Waals surface area contributed by atoms with E-state index in [-0.39, 0.29) is 18.6 Å². The Labute approximate surface area is 190 Å². The predicted octanol–water partition coefficient (Wildman–Crippen LogP) is 2.02. The smallest absolute Gasteiger partial charge is 0.236 e. The highest BCUT2D eigenvalue weighted by Crippen LogP contribution is 2.41. The molecule has 0 bridgehead atoms. The molecule has 5 rings (SSSR count). The third kappa shape index (κ3) is 3.55. The molecule has 0 amide bonds. The molecule has 170 valence electrons. The molecule has 0 spiro atoms. The second-order valence-electron chi connectivity index (χ2n) is 9.30. The molecular weight excluding hydrogens is 422 g/mol. The Bertz CT molecular complexity index is 1270. The van der Waals surface area contributed by atoms with Gasteiger partial charge in [0.2, 0.25) is 11.8 Å². The van der Waals surface area contributed by atoms with Gasteiger partial charge < -0.3 is 25.6 Å². The van der Waals surface area contributed by atoms with Crippen LogP contribution < -0.4 is 15.4 Å². The van der Waals surface area contributed by atoms with Crippen molar-refractivity contribution in [3.8, 4) is 23.2 Å². The summed E-state index contributed by atoms with van der Waals surface area (Å²) in [7, 11) is 0. The molecule has 4 N–H and O–H groups in total. The van der Waals surface area contributed by atoms with E-state index in [1.165, 1.54) is 0 Å². The van der Waals surface area contributed by atoms with Crippen molar-refractivity contribution in [3.63, 3.8) is 0 Å². The van der Waals surface area contributed by atoms with Crippen LogP contribution in [-0.4, -0.2) is 56.3 Å². The summed E-state index contributed by atoms with van der Waals surface area (Å²) < 4.78 is 7.58. The van der Waals surface area contributed by atoms with Crippen LogP contribution in [0, 0.1) is 16.7 Å². The van der Waals surface area contributed by atoms with Gasteiger partial charge in [0.1, 0.15) is 11.8 Å². The summed E-state index contributed by atoms with van der Waals surface area (Å²) in [6, 6.07) is 7.79. The predicted molar refractivity (Wildman–Crippen MR) is 121 cm³/mol. The van der Waals surface area contributed by atoms with E-state index >= 15 is 0 Å². The molecule has 10 nitrogen and oxygen atoms in total. The Hall–Kier alpha value is -3.68. The highest BCUT2D eigenvalue weighted by Gasteiger charge is 2.36. The lowest BCUT2D eigenvalue weighted by Crippen LogP contribution is -2.38. The SMILES string of the molecule is CC1(CO)COc2c(Nc3nccc(-c4cc(C#N)c5c(c4)[C@@](C)(CO)CN5)n3)cnn2C1. The number of hydrogen-bond acceptors (Lipinski definition) is 9. The largest absolute Gasteiger partial charge is 0.476 e. The van der Waals surface area contributed by atoms with E-state index in [1.54, 1.807) is 29.2 Å². The number of ether oxygens (including phenoxy) is 1.